The molecule has 2 aromatic rings. The van der Waals surface area contributed by atoms with Gasteiger partial charge in [0.1, 0.15) is 18.2 Å². The second-order valence-electron chi connectivity index (χ2n) is 7.30. The molecule has 2 aliphatic heterocycles. The fourth-order valence-corrected chi connectivity index (χ4v) is 3.92. The van der Waals surface area contributed by atoms with Crippen molar-refractivity contribution in [2.75, 3.05) is 13.7 Å². The van der Waals surface area contributed by atoms with Crippen LogP contribution in [-0.4, -0.2) is 68.6 Å². The molecule has 3 amide bonds. The molecule has 1 saturated heterocycles. The van der Waals surface area contributed by atoms with E-state index in [1.54, 1.807) is 12.1 Å². The molecule has 0 saturated carbocycles. The lowest BCUT2D eigenvalue weighted by Gasteiger charge is -2.44. The minimum absolute atomic E-state index is 0.0551. The molecule has 166 valence electrons. The Labute approximate surface area is 183 Å². The van der Waals surface area contributed by atoms with Crippen LogP contribution in [0.3, 0.4) is 0 Å². The number of amides is 3. The van der Waals surface area contributed by atoms with Gasteiger partial charge in [-0.05, 0) is 31.4 Å². The standard InChI is InChI=1S/C21H22N6O5/c1-31-13-5-8-24-15(10-13)20(29)32-17-4-2-3-9-26-18(28)11-16(14-6-7-23-12-25-14)27(19(17)26)21(22)30/h5-8,10-12,17,19H,2-4,9H2,1H3,(H2,22,30). The number of pyridine rings is 1. The van der Waals surface area contributed by atoms with Gasteiger partial charge in [-0.25, -0.2) is 24.5 Å². The Balaban J connectivity index is 1.70. The first-order chi connectivity index (χ1) is 15.5. The Morgan fingerprint density at radius 3 is 2.75 bits per heavy atom. The zero-order valence-electron chi connectivity index (χ0n) is 17.4. The first-order valence-corrected chi connectivity index (χ1v) is 10.1. The van der Waals surface area contributed by atoms with Crippen molar-refractivity contribution in [2.45, 2.75) is 31.5 Å². The van der Waals surface area contributed by atoms with E-state index in [2.05, 4.69) is 15.0 Å². The third-order valence-corrected chi connectivity index (χ3v) is 5.37. The fraction of sp³-hybridized carbons (Fsp3) is 0.333. The number of fused-ring (bicyclic) bond motifs is 1. The molecule has 4 heterocycles. The molecule has 2 aromatic heterocycles. The van der Waals surface area contributed by atoms with E-state index < -0.39 is 24.3 Å². The Bertz CT molecular complexity index is 1060. The van der Waals surface area contributed by atoms with Crippen molar-refractivity contribution < 1.29 is 23.9 Å². The van der Waals surface area contributed by atoms with Gasteiger partial charge in [0.2, 0.25) is 0 Å². The molecule has 0 bridgehead atoms. The summed E-state index contributed by atoms with van der Waals surface area (Å²) in [6.07, 6.45) is 5.65. The predicted molar refractivity (Wildman–Crippen MR) is 111 cm³/mol. The maximum Gasteiger partial charge on any atom is 0.357 e. The highest BCUT2D eigenvalue weighted by Crippen LogP contribution is 2.33. The third kappa shape index (κ3) is 4.09. The van der Waals surface area contributed by atoms with Crippen LogP contribution < -0.4 is 10.5 Å². The molecular formula is C21H22N6O5. The van der Waals surface area contributed by atoms with E-state index in [9.17, 15) is 14.4 Å². The van der Waals surface area contributed by atoms with Crippen molar-refractivity contribution in [1.29, 1.82) is 0 Å². The summed E-state index contributed by atoms with van der Waals surface area (Å²) in [4.78, 5) is 53.2. The average Bonchev–Trinajstić information content (AvgIpc) is 3.02. The van der Waals surface area contributed by atoms with E-state index in [1.165, 1.54) is 47.8 Å². The van der Waals surface area contributed by atoms with Gasteiger partial charge in [0.25, 0.3) is 5.91 Å². The Hall–Kier alpha value is -4.02. The Morgan fingerprint density at radius 1 is 1.19 bits per heavy atom. The van der Waals surface area contributed by atoms with Crippen molar-refractivity contribution in [3.8, 4) is 5.75 Å². The molecule has 2 aliphatic rings. The summed E-state index contributed by atoms with van der Waals surface area (Å²) in [6, 6.07) is 3.85. The number of rotatable bonds is 4. The summed E-state index contributed by atoms with van der Waals surface area (Å²) in [7, 11) is 1.48. The molecule has 2 unspecified atom stereocenters. The van der Waals surface area contributed by atoms with Gasteiger partial charge < -0.3 is 20.1 Å². The highest BCUT2D eigenvalue weighted by Gasteiger charge is 2.45. The SMILES string of the molecule is COc1ccnc(C(=O)OC2CCCCN3C(=O)C=C(c4ccncn4)N(C(N)=O)C23)c1. The van der Waals surface area contributed by atoms with E-state index in [4.69, 9.17) is 15.2 Å². The van der Waals surface area contributed by atoms with Crippen LogP contribution in [0, 0.1) is 0 Å². The summed E-state index contributed by atoms with van der Waals surface area (Å²) >= 11 is 0. The number of esters is 1. The van der Waals surface area contributed by atoms with Crippen molar-refractivity contribution in [1.82, 2.24) is 24.8 Å². The van der Waals surface area contributed by atoms with Gasteiger partial charge in [-0.1, -0.05) is 0 Å². The van der Waals surface area contributed by atoms with Crippen molar-refractivity contribution >= 4 is 23.6 Å². The van der Waals surface area contributed by atoms with Crippen LogP contribution in [0.5, 0.6) is 5.75 Å². The van der Waals surface area contributed by atoms with Crippen LogP contribution in [0.4, 0.5) is 4.79 Å². The van der Waals surface area contributed by atoms with Crippen LogP contribution in [0.25, 0.3) is 5.70 Å². The molecule has 11 heteroatoms. The number of urea groups is 1. The van der Waals surface area contributed by atoms with Gasteiger partial charge in [0, 0.05) is 31.1 Å². The summed E-state index contributed by atoms with van der Waals surface area (Å²) in [6.45, 7) is 0.395. The second kappa shape index (κ2) is 9.00. The van der Waals surface area contributed by atoms with E-state index in [0.29, 0.717) is 37.3 Å². The Kier molecular flexibility index (Phi) is 5.97. The number of carbonyl (C=O) groups excluding carboxylic acids is 3. The smallest absolute Gasteiger partial charge is 0.357 e. The lowest BCUT2D eigenvalue weighted by Crippen LogP contribution is -2.61. The molecule has 2 atom stereocenters. The topological polar surface area (TPSA) is 141 Å². The number of nitrogens with two attached hydrogens (primary N) is 1. The van der Waals surface area contributed by atoms with Crippen LogP contribution in [0.15, 0.2) is 43.0 Å². The van der Waals surface area contributed by atoms with Gasteiger partial charge in [-0.2, -0.15) is 0 Å². The largest absolute Gasteiger partial charge is 0.497 e. The summed E-state index contributed by atoms with van der Waals surface area (Å²) in [5.74, 6) is -0.552. The van der Waals surface area contributed by atoms with E-state index in [0.717, 1.165) is 0 Å². The maximum atomic E-state index is 13.0. The van der Waals surface area contributed by atoms with Crippen molar-refractivity contribution in [3.63, 3.8) is 0 Å². The van der Waals surface area contributed by atoms with Crippen molar-refractivity contribution in [3.05, 3.63) is 54.4 Å². The fourth-order valence-electron chi connectivity index (χ4n) is 3.92. The summed E-state index contributed by atoms with van der Waals surface area (Å²) in [5.41, 5.74) is 6.38. The van der Waals surface area contributed by atoms with E-state index in [-0.39, 0.29) is 17.3 Å². The second-order valence-corrected chi connectivity index (χ2v) is 7.30. The lowest BCUT2D eigenvalue weighted by atomic mass is 10.1. The monoisotopic (exact) mass is 438 g/mol. The Morgan fingerprint density at radius 2 is 2.03 bits per heavy atom. The number of hydrogen-bond donors (Lipinski definition) is 1. The van der Waals surface area contributed by atoms with Crippen LogP contribution in [-0.2, 0) is 9.53 Å². The highest BCUT2D eigenvalue weighted by molar-refractivity contribution is 6.00. The molecule has 2 N–H and O–H groups in total. The molecule has 0 aromatic carbocycles. The molecule has 4 rings (SSSR count). The minimum atomic E-state index is -0.910. The molecule has 1 fully saturated rings. The van der Waals surface area contributed by atoms with Crippen LogP contribution >= 0.6 is 0 Å². The first-order valence-electron chi connectivity index (χ1n) is 10.1. The lowest BCUT2D eigenvalue weighted by molar-refractivity contribution is -0.135. The third-order valence-electron chi connectivity index (χ3n) is 5.37. The van der Waals surface area contributed by atoms with Gasteiger partial charge in [0.05, 0.1) is 18.5 Å². The number of carbonyl (C=O) groups is 3. The number of aromatic nitrogens is 3. The number of ether oxygens (including phenoxy) is 2. The number of methoxy groups -OCH3 is 1. The minimum Gasteiger partial charge on any atom is -0.497 e. The molecule has 0 spiro atoms. The van der Waals surface area contributed by atoms with Gasteiger partial charge in [0.15, 0.2) is 11.9 Å². The average molecular weight is 438 g/mol. The van der Waals surface area contributed by atoms with Gasteiger partial charge >= 0.3 is 12.0 Å². The normalized spacial score (nSPS) is 20.7. The summed E-state index contributed by atoms with van der Waals surface area (Å²) in [5, 5.41) is 0. The van der Waals surface area contributed by atoms with Gasteiger partial charge in [-0.15, -0.1) is 0 Å². The predicted octanol–water partition coefficient (Wildman–Crippen LogP) is 1.18. The van der Waals surface area contributed by atoms with Crippen molar-refractivity contribution in [2.24, 2.45) is 5.73 Å². The highest BCUT2D eigenvalue weighted by atomic mass is 16.5. The quantitative estimate of drug-likeness (QED) is 0.702. The zero-order chi connectivity index (χ0) is 22.7. The summed E-state index contributed by atoms with van der Waals surface area (Å²) < 4.78 is 10.9. The molecule has 11 nitrogen and oxygen atoms in total. The zero-order valence-corrected chi connectivity index (χ0v) is 17.4. The molecule has 0 aliphatic carbocycles. The molecular weight excluding hydrogens is 416 g/mol. The van der Waals surface area contributed by atoms with Crippen LogP contribution in [0.2, 0.25) is 0 Å². The molecule has 32 heavy (non-hydrogen) atoms. The first kappa shape index (κ1) is 21.2. The van der Waals surface area contributed by atoms with E-state index in [1.807, 2.05) is 0 Å². The maximum absolute atomic E-state index is 13.0. The van der Waals surface area contributed by atoms with Gasteiger partial charge in [-0.3, -0.25) is 9.69 Å². The number of hydrogen-bond acceptors (Lipinski definition) is 8. The number of primary amides is 1. The van der Waals surface area contributed by atoms with Crippen LogP contribution in [0.1, 0.15) is 35.4 Å². The molecule has 0 radical (unpaired) electrons. The van der Waals surface area contributed by atoms with E-state index >= 15 is 0 Å². The number of nitrogens with zero attached hydrogens (tertiary/aromatic N) is 5.